The molecular formula is C28H38O8. The minimum Gasteiger partial charge on any atom is -0.472 e. The summed E-state index contributed by atoms with van der Waals surface area (Å²) in [6.45, 7) is 11.8. The third-order valence-corrected chi connectivity index (χ3v) is 11.7. The minimum atomic E-state index is -0.922. The topological polar surface area (TPSA) is 119 Å². The molecule has 2 saturated heterocycles. The number of furan rings is 1. The molecule has 5 aliphatic rings. The van der Waals surface area contributed by atoms with Gasteiger partial charge in [0.25, 0.3) is 0 Å². The molecule has 0 radical (unpaired) electrons. The van der Waals surface area contributed by atoms with E-state index in [2.05, 4.69) is 34.6 Å². The van der Waals surface area contributed by atoms with Crippen molar-refractivity contribution in [3.8, 4) is 0 Å². The zero-order valence-corrected chi connectivity index (χ0v) is 21.9. The Bertz CT molecular complexity index is 1100. The predicted octanol–water partition coefficient (Wildman–Crippen LogP) is 3.55. The van der Waals surface area contributed by atoms with Gasteiger partial charge in [-0.2, -0.15) is 0 Å². The van der Waals surface area contributed by atoms with Crippen LogP contribution in [0, 0.1) is 33.5 Å². The maximum Gasteiger partial charge on any atom is 0.339 e. The van der Waals surface area contributed by atoms with E-state index in [0.29, 0.717) is 19.3 Å². The van der Waals surface area contributed by atoms with Crippen molar-refractivity contribution in [1.82, 2.24) is 0 Å². The summed E-state index contributed by atoms with van der Waals surface area (Å²) in [6, 6.07) is 1.82. The molecule has 6 rings (SSSR count). The number of ether oxygens (including phenoxy) is 3. The highest BCUT2D eigenvalue weighted by atomic mass is 16.7. The lowest BCUT2D eigenvalue weighted by molar-refractivity contribution is -0.295. The summed E-state index contributed by atoms with van der Waals surface area (Å²) in [4.78, 5) is 25.4. The highest BCUT2D eigenvalue weighted by Crippen LogP contribution is 2.80. The molecule has 5 fully saturated rings. The van der Waals surface area contributed by atoms with Crippen molar-refractivity contribution in [3.63, 3.8) is 0 Å². The van der Waals surface area contributed by atoms with Crippen molar-refractivity contribution in [2.45, 2.75) is 103 Å². The van der Waals surface area contributed by atoms with E-state index < -0.39 is 63.8 Å². The first-order valence-corrected chi connectivity index (χ1v) is 13.2. The van der Waals surface area contributed by atoms with E-state index in [4.69, 9.17) is 18.6 Å². The van der Waals surface area contributed by atoms with Crippen LogP contribution in [0.1, 0.15) is 78.9 Å². The van der Waals surface area contributed by atoms with E-state index in [1.807, 2.05) is 6.07 Å². The molecule has 1 spiro atoms. The molecule has 0 unspecified atom stereocenters. The van der Waals surface area contributed by atoms with Gasteiger partial charge in [0.05, 0.1) is 24.7 Å². The molecule has 2 N–H and O–H groups in total. The normalized spacial score (nSPS) is 52.7. The number of hydrogen-bond donors (Lipinski definition) is 2. The Morgan fingerprint density at radius 2 is 1.78 bits per heavy atom. The summed E-state index contributed by atoms with van der Waals surface area (Å²) in [5.74, 6) is -0.982. The van der Waals surface area contributed by atoms with E-state index in [9.17, 15) is 19.8 Å². The summed E-state index contributed by atoms with van der Waals surface area (Å²) in [7, 11) is 0. The van der Waals surface area contributed by atoms with Crippen LogP contribution in [0.2, 0.25) is 0 Å². The van der Waals surface area contributed by atoms with Crippen molar-refractivity contribution >= 4 is 11.9 Å². The lowest BCUT2D eigenvalue weighted by Gasteiger charge is -2.71. The van der Waals surface area contributed by atoms with Crippen molar-refractivity contribution < 1.29 is 38.4 Å². The number of esters is 2. The fourth-order valence-electron chi connectivity index (χ4n) is 9.83. The molecule has 3 aliphatic carbocycles. The van der Waals surface area contributed by atoms with E-state index in [1.165, 1.54) is 6.92 Å². The minimum absolute atomic E-state index is 0.0932. The van der Waals surface area contributed by atoms with Crippen molar-refractivity contribution in [1.29, 1.82) is 0 Å². The molecule has 8 nitrogen and oxygen atoms in total. The average Bonchev–Trinajstić information content (AvgIpc) is 3.37. The molecule has 1 aromatic rings. The van der Waals surface area contributed by atoms with E-state index in [-0.39, 0.29) is 17.8 Å². The molecule has 3 saturated carbocycles. The van der Waals surface area contributed by atoms with Crippen LogP contribution in [-0.2, 0) is 23.8 Å². The number of epoxide rings is 1. The molecule has 3 heterocycles. The third-order valence-electron chi connectivity index (χ3n) is 11.7. The van der Waals surface area contributed by atoms with Gasteiger partial charge in [0.2, 0.25) is 0 Å². The highest BCUT2D eigenvalue weighted by molar-refractivity contribution is 5.82. The number of hydrogen-bond acceptors (Lipinski definition) is 8. The van der Waals surface area contributed by atoms with E-state index in [0.717, 1.165) is 12.0 Å². The number of cyclic esters (lactones) is 1. The van der Waals surface area contributed by atoms with Gasteiger partial charge in [-0.15, -0.1) is 0 Å². The van der Waals surface area contributed by atoms with Crippen LogP contribution in [-0.4, -0.2) is 52.2 Å². The summed E-state index contributed by atoms with van der Waals surface area (Å²) < 4.78 is 23.7. The highest BCUT2D eigenvalue weighted by Gasteiger charge is 2.88. The summed E-state index contributed by atoms with van der Waals surface area (Å²) in [5, 5.41) is 23.1. The van der Waals surface area contributed by atoms with Crippen molar-refractivity contribution in [2.24, 2.45) is 33.5 Å². The fraction of sp³-hybridized carbons (Fsp3) is 0.786. The lowest BCUT2D eigenvalue weighted by Crippen LogP contribution is -2.75. The van der Waals surface area contributed by atoms with Gasteiger partial charge in [0.1, 0.15) is 17.8 Å². The van der Waals surface area contributed by atoms with Gasteiger partial charge in [0.15, 0.2) is 6.10 Å². The Labute approximate surface area is 211 Å². The van der Waals surface area contributed by atoms with Crippen LogP contribution >= 0.6 is 0 Å². The van der Waals surface area contributed by atoms with Gasteiger partial charge in [-0.3, -0.25) is 4.79 Å². The molecule has 2 aliphatic heterocycles. The molecule has 8 heteroatoms. The smallest absolute Gasteiger partial charge is 0.339 e. The standard InChI is InChI=1S/C28H38O8/c1-14(29)34-20-12-18(30)24(2,3)17-11-19(31)27(6)16(26(17,20)5)7-9-25(4)21(15-8-10-33-13-15)35-23(32)22-28(25,27)36-22/h8,10,13,16-22,30-31H,7,9,11-12H2,1-6H3/t16-,17+,18-,19-,20-,21+,22+,25+,26+,27+,28-/m1/s1. The van der Waals surface area contributed by atoms with Gasteiger partial charge in [-0.1, -0.05) is 34.6 Å². The Kier molecular flexibility index (Phi) is 4.85. The number of carbonyl (C=O) groups is 2. The maximum atomic E-state index is 13.2. The van der Waals surface area contributed by atoms with Gasteiger partial charge in [0, 0.05) is 35.2 Å². The fourth-order valence-corrected chi connectivity index (χ4v) is 9.83. The quantitative estimate of drug-likeness (QED) is 0.466. The molecule has 0 aromatic carbocycles. The Balaban J connectivity index is 1.51. The zero-order chi connectivity index (χ0) is 26.1. The largest absolute Gasteiger partial charge is 0.472 e. The van der Waals surface area contributed by atoms with E-state index in [1.54, 1.807) is 12.5 Å². The van der Waals surface area contributed by atoms with Crippen molar-refractivity contribution in [2.75, 3.05) is 0 Å². The second-order valence-electron chi connectivity index (χ2n) is 13.2. The van der Waals surface area contributed by atoms with Gasteiger partial charge < -0.3 is 28.8 Å². The third kappa shape index (κ3) is 2.56. The van der Waals surface area contributed by atoms with Crippen LogP contribution in [0.4, 0.5) is 0 Å². The number of rotatable bonds is 2. The Morgan fingerprint density at radius 1 is 1.06 bits per heavy atom. The summed E-state index contributed by atoms with van der Waals surface area (Å²) >= 11 is 0. The second kappa shape index (κ2) is 7.14. The van der Waals surface area contributed by atoms with E-state index >= 15 is 0 Å². The first-order valence-electron chi connectivity index (χ1n) is 13.2. The monoisotopic (exact) mass is 502 g/mol. The zero-order valence-electron chi connectivity index (χ0n) is 21.9. The van der Waals surface area contributed by atoms with Crippen LogP contribution < -0.4 is 0 Å². The molecule has 11 atom stereocenters. The number of aliphatic hydroxyl groups is 2. The average molecular weight is 503 g/mol. The van der Waals surface area contributed by atoms with Crippen LogP contribution in [0.15, 0.2) is 23.0 Å². The Hall–Kier alpha value is -1.90. The van der Waals surface area contributed by atoms with Crippen molar-refractivity contribution in [3.05, 3.63) is 24.2 Å². The molecular weight excluding hydrogens is 464 g/mol. The van der Waals surface area contributed by atoms with Gasteiger partial charge >= 0.3 is 11.9 Å². The molecule has 36 heavy (non-hydrogen) atoms. The Morgan fingerprint density at radius 3 is 2.42 bits per heavy atom. The first-order chi connectivity index (χ1) is 16.8. The molecule has 198 valence electrons. The molecule has 1 aromatic heterocycles. The number of carbonyl (C=O) groups excluding carboxylic acids is 2. The summed E-state index contributed by atoms with van der Waals surface area (Å²) in [6.07, 6.45) is 2.17. The first kappa shape index (κ1) is 24.4. The van der Waals surface area contributed by atoms with Crippen LogP contribution in [0.5, 0.6) is 0 Å². The van der Waals surface area contributed by atoms with Crippen LogP contribution in [0.25, 0.3) is 0 Å². The number of aliphatic hydroxyl groups excluding tert-OH is 2. The lowest BCUT2D eigenvalue weighted by atomic mass is 9.34. The summed E-state index contributed by atoms with van der Waals surface area (Å²) in [5.41, 5.74) is -2.52. The van der Waals surface area contributed by atoms with Crippen LogP contribution in [0.3, 0.4) is 0 Å². The molecule has 0 bridgehead atoms. The van der Waals surface area contributed by atoms with Gasteiger partial charge in [-0.25, -0.2) is 4.79 Å². The van der Waals surface area contributed by atoms with Gasteiger partial charge in [-0.05, 0) is 42.6 Å². The predicted molar refractivity (Wildman–Crippen MR) is 126 cm³/mol. The SMILES string of the molecule is CC(=O)O[C@@H]1C[C@@H](O)C(C)(C)[C@@H]2C[C@@H](O)[C@]3(C)[C@H](CC[C@@]4(C)[C@H](c5ccoc5)OC(=O)[C@@H]5O[C@@]534)[C@]12C. The second-order valence-corrected chi connectivity index (χ2v) is 13.2. The maximum absolute atomic E-state index is 13.2. The number of fused-ring (bicyclic) bond motifs is 3. The molecule has 0 amide bonds.